The summed E-state index contributed by atoms with van der Waals surface area (Å²) in [7, 11) is 3.98. The summed E-state index contributed by atoms with van der Waals surface area (Å²) in [5.41, 5.74) is 0. The Morgan fingerprint density at radius 1 is 0.607 bits per heavy atom. The molecule has 0 amide bonds. The molecule has 0 saturated carbocycles. The van der Waals surface area contributed by atoms with E-state index in [4.69, 9.17) is 4.74 Å². The third-order valence-electron chi connectivity index (χ3n) is 8.66. The van der Waals surface area contributed by atoms with Crippen molar-refractivity contribution in [1.82, 2.24) is 4.90 Å². The van der Waals surface area contributed by atoms with Gasteiger partial charge in [-0.25, -0.2) is 19.1 Å². The predicted molar refractivity (Wildman–Crippen MR) is 234 cm³/mol. The average Bonchev–Trinajstić information content (AvgIpc) is 3.16. The fourth-order valence-corrected chi connectivity index (χ4v) is 5.32. The van der Waals surface area contributed by atoms with E-state index in [-0.39, 0.29) is 124 Å². The second kappa shape index (κ2) is 81.9. The maximum atomic E-state index is 10.0. The van der Waals surface area contributed by atoms with Crippen LogP contribution in [0.25, 0.3) is 0 Å². The van der Waals surface area contributed by atoms with E-state index in [0.717, 1.165) is 58.3 Å². The quantitative estimate of drug-likeness (QED) is 0.0497. The van der Waals surface area contributed by atoms with Crippen LogP contribution in [0.2, 0.25) is 0 Å². The van der Waals surface area contributed by atoms with E-state index in [1.165, 1.54) is 154 Å². The van der Waals surface area contributed by atoms with Crippen molar-refractivity contribution in [3.63, 3.8) is 0 Å². The summed E-state index contributed by atoms with van der Waals surface area (Å²) in [5, 5.41) is 0. The molecular weight excluding hydrogens is 1590 g/mol. The zero-order chi connectivity index (χ0) is 39.3. The van der Waals surface area contributed by atoms with Crippen molar-refractivity contribution in [3.05, 3.63) is 45.8 Å². The number of ether oxygens (including phenoxy) is 1. The minimum atomic E-state index is 0. The molecule has 0 bridgehead atoms. The first-order valence-electron chi connectivity index (χ1n) is 22.1. The molecule has 4 nitrogen and oxygen atoms in total. The summed E-state index contributed by atoms with van der Waals surface area (Å²) >= 11 is 0. The van der Waals surface area contributed by atoms with Gasteiger partial charge in [0.25, 0.3) is 0 Å². The molecule has 0 atom stereocenters. The van der Waals surface area contributed by atoms with Crippen molar-refractivity contribution in [3.8, 4) is 0 Å². The molecule has 324 valence electrons. The molecule has 1 aliphatic rings. The van der Waals surface area contributed by atoms with E-state index in [9.17, 15) is 9.59 Å². The van der Waals surface area contributed by atoms with Gasteiger partial charge >= 0.3 is 93.3 Å². The second-order valence-electron chi connectivity index (χ2n) is 14.3. The van der Waals surface area contributed by atoms with Gasteiger partial charge in [-0.05, 0) is 20.6 Å². The molecule has 0 N–H and O–H groups in total. The second-order valence-corrected chi connectivity index (χ2v) is 14.3. The molecule has 1 aliphatic heterocycles. The van der Waals surface area contributed by atoms with Gasteiger partial charge in [0.05, 0.1) is 0 Å². The summed E-state index contributed by atoms with van der Waals surface area (Å²) in [6.07, 6.45) is 52.6. The molecule has 0 unspecified atom stereocenters. The van der Waals surface area contributed by atoms with Gasteiger partial charge in [-0.1, -0.05) is 162 Å². The molecule has 0 spiro atoms. The first-order valence-corrected chi connectivity index (χ1v) is 22.1. The molecule has 1 saturated heterocycles. The third-order valence-corrected chi connectivity index (χ3v) is 8.66. The van der Waals surface area contributed by atoms with E-state index >= 15 is 0 Å². The molecule has 0 aromatic heterocycles. The fraction of sp³-hybridized carbons (Fsp3) is 0.812. The summed E-state index contributed by atoms with van der Waals surface area (Å²) in [5.74, 6) is 0. The van der Waals surface area contributed by atoms with E-state index in [0.29, 0.717) is 12.8 Å². The van der Waals surface area contributed by atoms with E-state index in [1.54, 1.807) is 0 Å². The SMILES string of the molecule is CN(C)CCC[C-]=O.[CH-]1CCOCC1.[CH2-]/C=C\CCCCCC.[CH2-]CCCCCC.[CH2-]CCCCCCCCC[CH-]CCCCCCCCC[C-]=O.[U+2].[U+2].[U+2].[U]. The summed E-state index contributed by atoms with van der Waals surface area (Å²) in [6, 6.07) is 0. The zero-order valence-corrected chi connectivity index (χ0v) is 54.5. The van der Waals surface area contributed by atoms with Crippen LogP contribution in [0, 0.1) is 158 Å². The molecule has 0 radical (unpaired) electrons. The van der Waals surface area contributed by atoms with Crippen molar-refractivity contribution >= 4 is 12.6 Å². The number of nitrogens with zero attached hydrogens (tertiary/aromatic N) is 1. The van der Waals surface area contributed by atoms with Gasteiger partial charge in [0.1, 0.15) is 0 Å². The molecule has 1 heterocycles. The summed E-state index contributed by atoms with van der Waals surface area (Å²) in [4.78, 5) is 21.7. The average molecular weight is 1680 g/mol. The first kappa shape index (κ1) is 76.4. The van der Waals surface area contributed by atoms with E-state index < -0.39 is 0 Å². The van der Waals surface area contributed by atoms with Crippen LogP contribution >= 0.6 is 0 Å². The van der Waals surface area contributed by atoms with Gasteiger partial charge < -0.3 is 45.9 Å². The fourth-order valence-electron chi connectivity index (χ4n) is 5.32. The van der Waals surface area contributed by atoms with Gasteiger partial charge in [-0.15, -0.1) is 6.42 Å². The van der Waals surface area contributed by atoms with Crippen LogP contribution in [0.1, 0.15) is 219 Å². The maximum Gasteiger partial charge on any atom is 2.00 e. The maximum absolute atomic E-state index is 10.0. The first-order chi connectivity index (χ1) is 25.5. The van der Waals surface area contributed by atoms with Crippen LogP contribution in [0.4, 0.5) is 0 Å². The Morgan fingerprint density at radius 2 is 1.00 bits per heavy atom. The number of rotatable bonds is 32. The van der Waals surface area contributed by atoms with E-state index in [2.05, 4.69) is 58.4 Å². The van der Waals surface area contributed by atoms with Gasteiger partial charge in [0.2, 0.25) is 0 Å². The van der Waals surface area contributed by atoms with Gasteiger partial charge in [-0.3, -0.25) is 12.6 Å². The van der Waals surface area contributed by atoms with Crippen LogP contribution in [0.15, 0.2) is 12.2 Å². The Hall–Kier alpha value is 3.08. The summed E-state index contributed by atoms with van der Waals surface area (Å²) in [6.45, 7) is 18.6. The molecule has 8 heteroatoms. The molecule has 56 heavy (non-hydrogen) atoms. The van der Waals surface area contributed by atoms with Crippen molar-refractivity contribution in [2.24, 2.45) is 0 Å². The number of hydrogen-bond donors (Lipinski definition) is 0. The molecule has 1 fully saturated rings. The largest absolute Gasteiger partial charge is 2.00 e. The van der Waals surface area contributed by atoms with Gasteiger partial charge in [0, 0.05) is 44.3 Å². The number of carbonyl (C=O) groups excluding carboxylic acids is 2. The van der Waals surface area contributed by atoms with E-state index in [1.807, 2.05) is 32.7 Å². The standard InChI is InChI=1S/C21H39O.C9H17.C7H15.C6H12NO.C5H9O.4U/c1-2-3-4-5-6-7-8-9-10-11-12-13-14-15-16-17-18-19-20-21-22;1-3-5-7-9-8-6-4-2;1-3-5-7-6-4-2;1-7(2)5-3-4-6-8;1-2-4-6-5-3-1;;;;/h11H,1-10,12-20H2;3,5H,1,4,6-9H2,2H3;1,3-7H2,2H3;3-5H2,1-2H3;1H,2-5H2;;;;/q-3;4*-1;;3*+2/b;5-3-;;;;;;;. The Balaban J connectivity index is -0.0000000941. The molecule has 0 aliphatic carbocycles. The van der Waals surface area contributed by atoms with Crippen molar-refractivity contribution in [2.45, 2.75) is 219 Å². The molecule has 1 rings (SSSR count). The van der Waals surface area contributed by atoms with Crippen LogP contribution < -0.4 is 0 Å². The third kappa shape index (κ3) is 96.7. The van der Waals surface area contributed by atoms with Gasteiger partial charge in [0.15, 0.2) is 0 Å². The Kier molecular flexibility index (Phi) is 112. The van der Waals surface area contributed by atoms with Crippen LogP contribution in [-0.4, -0.2) is 51.3 Å². The smallest absolute Gasteiger partial charge is 0.542 e. The number of unbranched alkanes of at least 4 members (excludes halogenated alkanes) is 27. The minimum absolute atomic E-state index is 0. The normalized spacial score (nSPS) is 11.2. The molecular formula is C48H92NO3U4-. The summed E-state index contributed by atoms with van der Waals surface area (Å²) < 4.78 is 5.04. The monoisotopic (exact) mass is 1680 g/mol. The number of allylic oxidation sites excluding steroid dienone is 2. The Bertz CT molecular complexity index is 608. The van der Waals surface area contributed by atoms with Crippen LogP contribution in [-0.2, 0) is 14.3 Å². The molecule has 0 aromatic rings. The predicted octanol–water partition coefficient (Wildman–Crippen LogP) is 14.7. The topological polar surface area (TPSA) is 46.6 Å². The Labute approximate surface area is 449 Å². The Morgan fingerprint density at radius 3 is 1.36 bits per heavy atom. The molecule has 0 aromatic carbocycles. The van der Waals surface area contributed by atoms with Crippen molar-refractivity contribution in [2.75, 3.05) is 33.9 Å². The van der Waals surface area contributed by atoms with Crippen LogP contribution in [0.3, 0.4) is 0 Å². The van der Waals surface area contributed by atoms with Crippen molar-refractivity contribution < 1.29 is 139 Å². The van der Waals surface area contributed by atoms with Crippen LogP contribution in [0.5, 0.6) is 0 Å². The number of hydrogen-bond acceptors (Lipinski definition) is 4. The van der Waals surface area contributed by atoms with Crippen molar-refractivity contribution in [1.29, 1.82) is 0 Å². The zero-order valence-electron chi connectivity index (χ0n) is 37.9. The minimum Gasteiger partial charge on any atom is -0.542 e. The van der Waals surface area contributed by atoms with Gasteiger partial charge in [-0.2, -0.15) is 51.4 Å².